The lowest BCUT2D eigenvalue weighted by atomic mass is 10.2. The van der Waals surface area contributed by atoms with Crippen LogP contribution in [0.5, 0.6) is 11.5 Å². The Balaban J connectivity index is 1.26. The van der Waals surface area contributed by atoms with Crippen molar-refractivity contribution in [2.75, 3.05) is 25.5 Å². The number of hydrogen-bond acceptors (Lipinski definition) is 5. The first-order valence-electron chi connectivity index (χ1n) is 9.45. The van der Waals surface area contributed by atoms with Gasteiger partial charge in [0.1, 0.15) is 17.2 Å². The van der Waals surface area contributed by atoms with Gasteiger partial charge in [-0.15, -0.1) is 0 Å². The largest absolute Gasteiger partial charge is 0.493 e. The van der Waals surface area contributed by atoms with Gasteiger partial charge in [-0.05, 0) is 42.3 Å². The molecule has 0 saturated carbocycles. The fourth-order valence-electron chi connectivity index (χ4n) is 3.00. The number of amidine groups is 1. The summed E-state index contributed by atoms with van der Waals surface area (Å²) in [6, 6.07) is 17.5. The third-order valence-electron chi connectivity index (χ3n) is 4.42. The maximum absolute atomic E-state index is 12.4. The molecule has 1 saturated heterocycles. The molecule has 0 spiro atoms. The number of fused-ring (bicyclic) bond motifs is 1. The zero-order valence-corrected chi connectivity index (χ0v) is 16.4. The Labute approximate surface area is 169 Å². The zero-order valence-electron chi connectivity index (χ0n) is 15.5. The van der Waals surface area contributed by atoms with Crippen LogP contribution in [0.25, 0.3) is 6.08 Å². The molecule has 1 amide bonds. The SMILES string of the molecule is O=C1/C(=C/c2ccc(OCCCOc3ccccc3)cc2)N=C2SCCCN12. The lowest BCUT2D eigenvalue weighted by Crippen LogP contribution is -2.34. The number of carbonyl (C=O) groups is 1. The van der Waals surface area contributed by atoms with Crippen LogP contribution in [-0.4, -0.2) is 41.5 Å². The van der Waals surface area contributed by atoms with E-state index in [1.54, 1.807) is 16.7 Å². The zero-order chi connectivity index (χ0) is 19.2. The van der Waals surface area contributed by atoms with E-state index in [0.717, 1.165) is 47.4 Å². The molecule has 0 aromatic heterocycles. The third kappa shape index (κ3) is 4.57. The highest BCUT2D eigenvalue weighted by atomic mass is 32.2. The van der Waals surface area contributed by atoms with E-state index in [0.29, 0.717) is 18.9 Å². The molecule has 2 aliphatic rings. The lowest BCUT2D eigenvalue weighted by molar-refractivity contribution is -0.122. The minimum absolute atomic E-state index is 0.000873. The van der Waals surface area contributed by atoms with Gasteiger partial charge >= 0.3 is 0 Å². The van der Waals surface area contributed by atoms with Gasteiger partial charge in [0, 0.05) is 18.7 Å². The monoisotopic (exact) mass is 394 g/mol. The molecule has 2 aromatic rings. The molecule has 144 valence electrons. The molecular weight excluding hydrogens is 372 g/mol. The van der Waals surface area contributed by atoms with Crippen molar-refractivity contribution in [3.63, 3.8) is 0 Å². The molecular formula is C22H22N2O3S. The number of amides is 1. The van der Waals surface area contributed by atoms with E-state index in [2.05, 4.69) is 4.99 Å². The van der Waals surface area contributed by atoms with Crippen LogP contribution in [0, 0.1) is 0 Å². The van der Waals surface area contributed by atoms with Gasteiger partial charge in [0.25, 0.3) is 5.91 Å². The highest BCUT2D eigenvalue weighted by Crippen LogP contribution is 2.28. The molecule has 5 nitrogen and oxygen atoms in total. The first kappa shape index (κ1) is 18.6. The van der Waals surface area contributed by atoms with Crippen molar-refractivity contribution in [3.05, 3.63) is 65.9 Å². The van der Waals surface area contributed by atoms with Gasteiger partial charge in [0.2, 0.25) is 0 Å². The van der Waals surface area contributed by atoms with Crippen molar-refractivity contribution in [1.29, 1.82) is 0 Å². The number of para-hydroxylation sites is 1. The summed E-state index contributed by atoms with van der Waals surface area (Å²) < 4.78 is 11.4. The number of ether oxygens (including phenoxy) is 2. The van der Waals surface area contributed by atoms with Crippen molar-refractivity contribution >= 4 is 28.9 Å². The van der Waals surface area contributed by atoms with Crippen LogP contribution in [0.4, 0.5) is 0 Å². The first-order valence-corrected chi connectivity index (χ1v) is 10.4. The lowest BCUT2D eigenvalue weighted by Gasteiger charge is -2.21. The normalized spacial score (nSPS) is 17.4. The number of benzene rings is 2. The number of nitrogens with zero attached hydrogens (tertiary/aromatic N) is 2. The van der Waals surface area contributed by atoms with Gasteiger partial charge in [-0.25, -0.2) is 4.99 Å². The van der Waals surface area contributed by atoms with Crippen LogP contribution in [0.2, 0.25) is 0 Å². The smallest absolute Gasteiger partial charge is 0.278 e. The molecule has 2 aromatic carbocycles. The van der Waals surface area contributed by atoms with Gasteiger partial charge in [-0.3, -0.25) is 9.69 Å². The summed E-state index contributed by atoms with van der Waals surface area (Å²) in [5.74, 6) is 2.71. The Morgan fingerprint density at radius 3 is 2.43 bits per heavy atom. The first-order chi connectivity index (χ1) is 13.8. The van der Waals surface area contributed by atoms with E-state index in [9.17, 15) is 4.79 Å². The van der Waals surface area contributed by atoms with E-state index in [4.69, 9.17) is 9.47 Å². The second-order valence-electron chi connectivity index (χ2n) is 6.52. The molecule has 4 rings (SSSR count). The van der Waals surface area contributed by atoms with Crippen LogP contribution in [0.1, 0.15) is 18.4 Å². The molecule has 6 heteroatoms. The summed E-state index contributed by atoms with van der Waals surface area (Å²) in [5.41, 5.74) is 1.45. The van der Waals surface area contributed by atoms with E-state index in [1.165, 1.54) is 0 Å². The van der Waals surface area contributed by atoms with Crippen molar-refractivity contribution in [2.45, 2.75) is 12.8 Å². The minimum Gasteiger partial charge on any atom is -0.493 e. The van der Waals surface area contributed by atoms with Crippen molar-refractivity contribution in [3.8, 4) is 11.5 Å². The summed E-state index contributed by atoms with van der Waals surface area (Å²) in [4.78, 5) is 18.7. The predicted octanol–water partition coefficient (Wildman–Crippen LogP) is 4.21. The Morgan fingerprint density at radius 2 is 1.71 bits per heavy atom. The molecule has 2 aliphatic heterocycles. The molecule has 28 heavy (non-hydrogen) atoms. The van der Waals surface area contributed by atoms with Gasteiger partial charge in [0.05, 0.1) is 13.2 Å². The highest BCUT2D eigenvalue weighted by molar-refractivity contribution is 8.13. The topological polar surface area (TPSA) is 51.1 Å². The second kappa shape index (κ2) is 8.97. The molecule has 0 bridgehead atoms. The molecule has 1 fully saturated rings. The molecule has 0 N–H and O–H groups in total. The van der Waals surface area contributed by atoms with Crippen molar-refractivity contribution < 1.29 is 14.3 Å². The van der Waals surface area contributed by atoms with Crippen molar-refractivity contribution in [2.24, 2.45) is 4.99 Å². The minimum atomic E-state index is 0.000873. The Morgan fingerprint density at radius 1 is 1.00 bits per heavy atom. The van der Waals surface area contributed by atoms with E-state index in [1.807, 2.05) is 60.7 Å². The molecule has 0 radical (unpaired) electrons. The van der Waals surface area contributed by atoms with E-state index < -0.39 is 0 Å². The Hall–Kier alpha value is -2.73. The maximum atomic E-state index is 12.4. The number of thioether (sulfide) groups is 1. The fraction of sp³-hybridized carbons (Fsp3) is 0.273. The number of aliphatic imine (C=N–C) groups is 1. The summed E-state index contributed by atoms with van der Waals surface area (Å²) in [6.45, 7) is 1.97. The quantitative estimate of drug-likeness (QED) is 0.521. The van der Waals surface area contributed by atoms with Crippen LogP contribution in [-0.2, 0) is 4.79 Å². The van der Waals surface area contributed by atoms with Crippen LogP contribution >= 0.6 is 11.8 Å². The summed E-state index contributed by atoms with van der Waals surface area (Å²) in [7, 11) is 0. The summed E-state index contributed by atoms with van der Waals surface area (Å²) in [6.07, 6.45) is 3.66. The Kier molecular flexibility index (Phi) is 5.97. The number of rotatable bonds is 7. The standard InChI is InChI=1S/C22H22N2O3S/c25-21-20(23-22-24(21)12-4-15-28-22)16-17-8-10-19(11-9-17)27-14-5-13-26-18-6-2-1-3-7-18/h1-3,6-11,16H,4-5,12-15H2/b20-16-. The highest BCUT2D eigenvalue weighted by Gasteiger charge is 2.32. The molecule has 0 aliphatic carbocycles. The average molecular weight is 394 g/mol. The fourth-order valence-corrected chi connectivity index (χ4v) is 3.95. The van der Waals surface area contributed by atoms with Crippen LogP contribution < -0.4 is 9.47 Å². The Bertz CT molecular complexity index is 878. The van der Waals surface area contributed by atoms with Gasteiger partial charge < -0.3 is 9.47 Å². The van der Waals surface area contributed by atoms with Crippen LogP contribution in [0.3, 0.4) is 0 Å². The molecule has 0 atom stereocenters. The van der Waals surface area contributed by atoms with Gasteiger partial charge in [-0.1, -0.05) is 42.1 Å². The van der Waals surface area contributed by atoms with E-state index >= 15 is 0 Å². The number of carbonyl (C=O) groups excluding carboxylic acids is 1. The molecule has 0 unspecified atom stereocenters. The maximum Gasteiger partial charge on any atom is 0.278 e. The van der Waals surface area contributed by atoms with Crippen LogP contribution in [0.15, 0.2) is 65.3 Å². The second-order valence-corrected chi connectivity index (χ2v) is 7.58. The van der Waals surface area contributed by atoms with E-state index in [-0.39, 0.29) is 5.91 Å². The van der Waals surface area contributed by atoms with Gasteiger partial charge in [0.15, 0.2) is 5.17 Å². The van der Waals surface area contributed by atoms with Crippen molar-refractivity contribution in [1.82, 2.24) is 4.90 Å². The molecule has 2 heterocycles. The average Bonchev–Trinajstić information content (AvgIpc) is 3.05. The number of hydrogen-bond donors (Lipinski definition) is 0. The van der Waals surface area contributed by atoms with Gasteiger partial charge in [-0.2, -0.15) is 0 Å². The third-order valence-corrected chi connectivity index (χ3v) is 5.48. The summed E-state index contributed by atoms with van der Waals surface area (Å²) in [5, 5.41) is 0.833. The predicted molar refractivity (Wildman–Crippen MR) is 113 cm³/mol. The summed E-state index contributed by atoms with van der Waals surface area (Å²) >= 11 is 1.65.